The smallest absolute Gasteiger partial charge is 0.254 e. The molecule has 92 valence electrons. The van der Waals surface area contributed by atoms with Crippen molar-refractivity contribution in [2.75, 3.05) is 32.7 Å². The van der Waals surface area contributed by atoms with E-state index in [-0.39, 0.29) is 5.91 Å². The van der Waals surface area contributed by atoms with Crippen LogP contribution < -0.4 is 0 Å². The lowest BCUT2D eigenvalue weighted by Gasteiger charge is -2.34. The minimum absolute atomic E-state index is 0.0463. The van der Waals surface area contributed by atoms with Crippen LogP contribution in [0.15, 0.2) is 18.3 Å². The summed E-state index contributed by atoms with van der Waals surface area (Å²) in [6.07, 6.45) is 1.57. The van der Waals surface area contributed by atoms with E-state index in [4.69, 9.17) is 11.6 Å². The van der Waals surface area contributed by atoms with Gasteiger partial charge in [0.2, 0.25) is 0 Å². The normalized spacial score (nSPS) is 17.2. The minimum atomic E-state index is 0.0463. The fraction of sp³-hybridized carbons (Fsp3) is 0.500. The molecule has 0 aliphatic carbocycles. The number of pyridine rings is 1. The monoisotopic (exact) mass is 253 g/mol. The molecule has 5 heteroatoms. The Balaban J connectivity index is 2.02. The number of carbonyl (C=O) groups excluding carboxylic acids is 1. The van der Waals surface area contributed by atoms with Crippen LogP contribution in [0.25, 0.3) is 0 Å². The van der Waals surface area contributed by atoms with Gasteiger partial charge in [-0.25, -0.2) is 4.98 Å². The van der Waals surface area contributed by atoms with Crippen molar-refractivity contribution in [3.63, 3.8) is 0 Å². The van der Waals surface area contributed by atoms with E-state index < -0.39 is 0 Å². The Morgan fingerprint density at radius 2 is 2.12 bits per heavy atom. The molecule has 1 saturated heterocycles. The molecule has 1 fully saturated rings. The van der Waals surface area contributed by atoms with E-state index in [9.17, 15) is 4.79 Å². The maximum absolute atomic E-state index is 12.2. The number of rotatable bonds is 2. The molecule has 0 atom stereocenters. The number of amides is 1. The molecule has 0 saturated carbocycles. The number of hydrogen-bond donors (Lipinski definition) is 0. The zero-order valence-electron chi connectivity index (χ0n) is 9.90. The predicted molar refractivity (Wildman–Crippen MR) is 67.3 cm³/mol. The summed E-state index contributed by atoms with van der Waals surface area (Å²) in [6, 6.07) is 3.33. The Bertz CT molecular complexity index is 402. The molecule has 4 nitrogen and oxygen atoms in total. The lowest BCUT2D eigenvalue weighted by molar-refractivity contribution is 0.0643. The highest BCUT2D eigenvalue weighted by molar-refractivity contribution is 6.29. The van der Waals surface area contributed by atoms with Crippen LogP contribution in [0.5, 0.6) is 0 Å². The van der Waals surface area contributed by atoms with E-state index >= 15 is 0 Å². The second-order valence-electron chi connectivity index (χ2n) is 4.09. The minimum Gasteiger partial charge on any atom is -0.336 e. The Morgan fingerprint density at radius 3 is 2.71 bits per heavy atom. The van der Waals surface area contributed by atoms with E-state index in [1.165, 1.54) is 0 Å². The van der Waals surface area contributed by atoms with Gasteiger partial charge in [0.1, 0.15) is 5.15 Å². The van der Waals surface area contributed by atoms with Gasteiger partial charge < -0.3 is 9.80 Å². The zero-order valence-corrected chi connectivity index (χ0v) is 10.7. The van der Waals surface area contributed by atoms with Crippen LogP contribution in [-0.4, -0.2) is 53.4 Å². The van der Waals surface area contributed by atoms with Crippen LogP contribution in [0, 0.1) is 0 Å². The van der Waals surface area contributed by atoms with Crippen molar-refractivity contribution in [1.82, 2.24) is 14.8 Å². The van der Waals surface area contributed by atoms with Crippen molar-refractivity contribution < 1.29 is 4.79 Å². The number of aromatic nitrogens is 1. The van der Waals surface area contributed by atoms with E-state index in [1.807, 2.05) is 4.90 Å². The van der Waals surface area contributed by atoms with Gasteiger partial charge in [-0.2, -0.15) is 0 Å². The first-order chi connectivity index (χ1) is 8.20. The average Bonchev–Trinajstić information content (AvgIpc) is 2.38. The molecule has 1 amide bonds. The molecule has 0 N–H and O–H groups in total. The third kappa shape index (κ3) is 2.96. The van der Waals surface area contributed by atoms with Crippen molar-refractivity contribution >= 4 is 17.5 Å². The van der Waals surface area contributed by atoms with E-state index in [0.717, 1.165) is 32.7 Å². The van der Waals surface area contributed by atoms with Crippen molar-refractivity contribution in [2.24, 2.45) is 0 Å². The molecular weight excluding hydrogens is 238 g/mol. The summed E-state index contributed by atoms with van der Waals surface area (Å²) in [4.78, 5) is 20.3. The second-order valence-corrected chi connectivity index (χ2v) is 4.48. The maximum Gasteiger partial charge on any atom is 0.254 e. The number of piperazine rings is 1. The first-order valence-electron chi connectivity index (χ1n) is 5.84. The first-order valence-corrected chi connectivity index (χ1v) is 6.21. The molecule has 0 spiro atoms. The molecule has 2 rings (SSSR count). The van der Waals surface area contributed by atoms with E-state index in [0.29, 0.717) is 10.7 Å². The molecule has 2 heterocycles. The molecular formula is C12H16ClN3O. The van der Waals surface area contributed by atoms with Gasteiger partial charge in [0.15, 0.2) is 0 Å². The van der Waals surface area contributed by atoms with Gasteiger partial charge in [-0.3, -0.25) is 4.79 Å². The van der Waals surface area contributed by atoms with Gasteiger partial charge in [-0.1, -0.05) is 18.5 Å². The van der Waals surface area contributed by atoms with Crippen molar-refractivity contribution in [1.29, 1.82) is 0 Å². The fourth-order valence-electron chi connectivity index (χ4n) is 1.99. The Hall–Kier alpha value is -1.13. The molecule has 1 aliphatic heterocycles. The van der Waals surface area contributed by atoms with E-state index in [2.05, 4.69) is 16.8 Å². The quantitative estimate of drug-likeness (QED) is 0.750. The number of nitrogens with zero attached hydrogens (tertiary/aromatic N) is 3. The van der Waals surface area contributed by atoms with Crippen LogP contribution in [0.2, 0.25) is 5.15 Å². The van der Waals surface area contributed by atoms with Gasteiger partial charge in [0.25, 0.3) is 5.91 Å². The second kappa shape index (κ2) is 5.47. The summed E-state index contributed by atoms with van der Waals surface area (Å²) in [5, 5.41) is 0.364. The predicted octanol–water partition coefficient (Wildman–Crippen LogP) is 1.51. The van der Waals surface area contributed by atoms with Crippen LogP contribution in [0.4, 0.5) is 0 Å². The number of hydrogen-bond acceptors (Lipinski definition) is 3. The summed E-state index contributed by atoms with van der Waals surface area (Å²) >= 11 is 5.78. The molecule has 1 aromatic heterocycles. The van der Waals surface area contributed by atoms with Gasteiger partial charge in [-0.05, 0) is 18.7 Å². The molecule has 0 radical (unpaired) electrons. The topological polar surface area (TPSA) is 36.4 Å². The molecule has 17 heavy (non-hydrogen) atoms. The van der Waals surface area contributed by atoms with Crippen molar-refractivity contribution in [3.8, 4) is 0 Å². The third-order valence-electron chi connectivity index (χ3n) is 3.08. The van der Waals surface area contributed by atoms with Crippen LogP contribution in [-0.2, 0) is 0 Å². The summed E-state index contributed by atoms with van der Waals surface area (Å²) in [7, 11) is 0. The highest BCUT2D eigenvalue weighted by Crippen LogP contribution is 2.11. The number of likely N-dealkylation sites (N-methyl/N-ethyl adjacent to an activating group) is 1. The maximum atomic E-state index is 12.2. The van der Waals surface area contributed by atoms with Gasteiger partial charge >= 0.3 is 0 Å². The lowest BCUT2D eigenvalue weighted by atomic mass is 10.2. The molecule has 0 unspecified atom stereocenters. The van der Waals surface area contributed by atoms with Gasteiger partial charge in [0.05, 0.1) is 0 Å². The average molecular weight is 254 g/mol. The first kappa shape index (κ1) is 12.3. The molecule has 0 bridgehead atoms. The van der Waals surface area contributed by atoms with Gasteiger partial charge in [0, 0.05) is 37.9 Å². The van der Waals surface area contributed by atoms with Crippen LogP contribution in [0.1, 0.15) is 17.3 Å². The zero-order chi connectivity index (χ0) is 12.3. The van der Waals surface area contributed by atoms with Gasteiger partial charge in [-0.15, -0.1) is 0 Å². The summed E-state index contributed by atoms with van der Waals surface area (Å²) in [5.74, 6) is 0.0463. The lowest BCUT2D eigenvalue weighted by Crippen LogP contribution is -2.48. The highest BCUT2D eigenvalue weighted by atomic mass is 35.5. The SMILES string of the molecule is CCN1CCN(C(=O)c2ccnc(Cl)c2)CC1. The number of halogens is 1. The fourth-order valence-corrected chi connectivity index (χ4v) is 2.16. The van der Waals surface area contributed by atoms with Crippen molar-refractivity contribution in [2.45, 2.75) is 6.92 Å². The number of carbonyl (C=O) groups is 1. The van der Waals surface area contributed by atoms with Crippen molar-refractivity contribution in [3.05, 3.63) is 29.0 Å². The van der Waals surface area contributed by atoms with Crippen LogP contribution in [0.3, 0.4) is 0 Å². The third-order valence-corrected chi connectivity index (χ3v) is 3.29. The summed E-state index contributed by atoms with van der Waals surface area (Å²) in [6.45, 7) is 6.64. The highest BCUT2D eigenvalue weighted by Gasteiger charge is 2.21. The molecule has 1 aliphatic rings. The van der Waals surface area contributed by atoms with Crippen LogP contribution >= 0.6 is 11.6 Å². The standard InChI is InChI=1S/C12H16ClN3O/c1-2-15-5-7-16(8-6-15)12(17)10-3-4-14-11(13)9-10/h3-4,9H,2,5-8H2,1H3. The Kier molecular flexibility index (Phi) is 3.97. The largest absolute Gasteiger partial charge is 0.336 e. The summed E-state index contributed by atoms with van der Waals surface area (Å²) in [5.41, 5.74) is 0.620. The molecule has 0 aromatic carbocycles. The Morgan fingerprint density at radius 1 is 1.41 bits per heavy atom. The summed E-state index contributed by atoms with van der Waals surface area (Å²) < 4.78 is 0. The molecule has 1 aromatic rings. The van der Waals surface area contributed by atoms with E-state index in [1.54, 1.807) is 18.3 Å². The Labute approximate surface area is 106 Å².